The maximum absolute atomic E-state index is 12.5. The number of carbonyl (C=O) groups is 1. The quantitative estimate of drug-likeness (QED) is 0.272. The molecular formula is C30H46O4. The predicted octanol–water partition coefficient (Wildman–Crippen LogP) is 5.99. The van der Waals surface area contributed by atoms with Crippen molar-refractivity contribution in [2.75, 3.05) is 6.61 Å². The Balaban J connectivity index is 1.55. The monoisotopic (exact) mass is 470 g/mol. The van der Waals surface area contributed by atoms with Gasteiger partial charge in [0.05, 0.1) is 18.3 Å². The summed E-state index contributed by atoms with van der Waals surface area (Å²) in [6.45, 7) is 16.6. The molecule has 2 N–H and O–H groups in total. The highest BCUT2D eigenvalue weighted by atomic mass is 16.5. The lowest BCUT2D eigenvalue weighted by Gasteiger charge is -2.58. The molecule has 0 bridgehead atoms. The van der Waals surface area contributed by atoms with Gasteiger partial charge in [0.1, 0.15) is 6.10 Å². The molecule has 0 heterocycles. The summed E-state index contributed by atoms with van der Waals surface area (Å²) in [6.07, 6.45) is 11.8. The van der Waals surface area contributed by atoms with Gasteiger partial charge in [0.2, 0.25) is 0 Å². The van der Waals surface area contributed by atoms with E-state index in [1.807, 2.05) is 6.92 Å². The van der Waals surface area contributed by atoms with Gasteiger partial charge in [-0.3, -0.25) is 0 Å². The smallest absolute Gasteiger partial charge is 0.336 e. The zero-order valence-corrected chi connectivity index (χ0v) is 21.8. The third-order valence-electron chi connectivity index (χ3n) is 10.7. The Kier molecular flexibility index (Phi) is 7.24. The molecule has 0 aromatic heterocycles. The van der Waals surface area contributed by atoms with Crippen LogP contribution < -0.4 is 0 Å². The van der Waals surface area contributed by atoms with Crippen molar-refractivity contribution in [2.24, 2.45) is 40.4 Å². The van der Waals surface area contributed by atoms with Crippen molar-refractivity contribution >= 4 is 5.97 Å². The molecule has 0 spiro atoms. The van der Waals surface area contributed by atoms with E-state index < -0.39 is 5.97 Å². The molecule has 190 valence electrons. The highest BCUT2D eigenvalue weighted by Gasteiger charge is 2.59. The molecule has 0 saturated heterocycles. The van der Waals surface area contributed by atoms with E-state index in [9.17, 15) is 15.0 Å². The number of carbonyl (C=O) groups excluding carboxylic acids is 1. The number of hydrogen-bond acceptors (Lipinski definition) is 4. The number of hydrogen-bond donors (Lipinski definition) is 2. The van der Waals surface area contributed by atoms with Crippen LogP contribution in [-0.2, 0) is 9.53 Å². The molecule has 4 aliphatic carbocycles. The second kappa shape index (κ2) is 9.58. The first-order valence-corrected chi connectivity index (χ1v) is 13.5. The largest absolute Gasteiger partial charge is 0.458 e. The number of rotatable bonds is 7. The molecule has 0 aromatic rings. The number of aliphatic hydroxyl groups excluding tert-OH is 2. The molecule has 4 heteroatoms. The van der Waals surface area contributed by atoms with Crippen LogP contribution >= 0.6 is 0 Å². The van der Waals surface area contributed by atoms with Crippen molar-refractivity contribution in [1.82, 2.24) is 0 Å². The minimum absolute atomic E-state index is 0.116. The summed E-state index contributed by atoms with van der Waals surface area (Å²) in [5.74, 6) is 2.40. The minimum Gasteiger partial charge on any atom is -0.458 e. The highest BCUT2D eigenvalue weighted by molar-refractivity contribution is 5.88. The Bertz CT molecular complexity index is 858. The van der Waals surface area contributed by atoms with E-state index in [-0.39, 0.29) is 41.1 Å². The number of esters is 1. The molecule has 0 aromatic carbocycles. The fourth-order valence-corrected chi connectivity index (χ4v) is 8.77. The zero-order valence-electron chi connectivity index (χ0n) is 21.8. The Labute approximate surface area is 206 Å². The summed E-state index contributed by atoms with van der Waals surface area (Å²) in [5, 5.41) is 19.6. The third-order valence-corrected chi connectivity index (χ3v) is 10.7. The zero-order chi connectivity index (χ0) is 24.8. The highest BCUT2D eigenvalue weighted by Crippen LogP contribution is 2.67. The van der Waals surface area contributed by atoms with Gasteiger partial charge in [0.25, 0.3) is 0 Å². The van der Waals surface area contributed by atoms with Crippen molar-refractivity contribution in [3.8, 4) is 0 Å². The van der Waals surface area contributed by atoms with Crippen LogP contribution in [0, 0.1) is 40.4 Å². The molecule has 0 aliphatic heterocycles. The van der Waals surface area contributed by atoms with E-state index in [0.717, 1.165) is 43.1 Å². The summed E-state index contributed by atoms with van der Waals surface area (Å²) >= 11 is 0. The third kappa shape index (κ3) is 4.34. The van der Waals surface area contributed by atoms with E-state index in [4.69, 9.17) is 4.74 Å². The van der Waals surface area contributed by atoms with Gasteiger partial charge in [0.15, 0.2) is 0 Å². The normalized spacial score (nSPS) is 40.8. The van der Waals surface area contributed by atoms with E-state index in [2.05, 4.69) is 40.0 Å². The molecule has 4 aliphatic rings. The van der Waals surface area contributed by atoms with Gasteiger partial charge in [-0.2, -0.15) is 0 Å². The summed E-state index contributed by atoms with van der Waals surface area (Å²) in [7, 11) is 0. The second-order valence-electron chi connectivity index (χ2n) is 12.6. The van der Waals surface area contributed by atoms with Gasteiger partial charge < -0.3 is 14.9 Å². The van der Waals surface area contributed by atoms with E-state index in [1.165, 1.54) is 31.3 Å². The maximum Gasteiger partial charge on any atom is 0.336 e. The van der Waals surface area contributed by atoms with Crippen molar-refractivity contribution in [3.63, 3.8) is 0 Å². The average Bonchev–Trinajstić information content (AvgIpc) is 3.14. The van der Waals surface area contributed by atoms with E-state index >= 15 is 0 Å². The fourth-order valence-electron chi connectivity index (χ4n) is 8.77. The number of fused-ring (bicyclic) bond motifs is 5. The first-order chi connectivity index (χ1) is 16.0. The lowest BCUT2D eigenvalue weighted by atomic mass is 9.47. The summed E-state index contributed by atoms with van der Waals surface area (Å²) < 4.78 is 5.92. The summed E-state index contributed by atoms with van der Waals surface area (Å²) in [4.78, 5) is 12.5. The van der Waals surface area contributed by atoms with Crippen molar-refractivity contribution in [1.29, 1.82) is 0 Å². The maximum atomic E-state index is 12.5. The number of allylic oxidation sites excluding steroid dienone is 1. The van der Waals surface area contributed by atoms with Crippen LogP contribution in [0.15, 0.2) is 36.0 Å². The summed E-state index contributed by atoms with van der Waals surface area (Å²) in [5.41, 5.74) is 3.17. The van der Waals surface area contributed by atoms with Gasteiger partial charge in [-0.15, -0.1) is 6.58 Å². The minimum atomic E-state index is -0.485. The van der Waals surface area contributed by atoms with E-state index in [1.54, 1.807) is 0 Å². The first kappa shape index (κ1) is 25.7. The van der Waals surface area contributed by atoms with Crippen LogP contribution in [0.4, 0.5) is 0 Å². The van der Waals surface area contributed by atoms with Crippen molar-refractivity contribution < 1.29 is 19.7 Å². The first-order valence-electron chi connectivity index (χ1n) is 13.5. The number of ether oxygens (including phenoxy) is 1. The molecule has 34 heavy (non-hydrogen) atoms. The standard InChI is InChI=1S/C30H46O4/c1-18(2)15-27(34-28(33)19(3)17-31)20(4)24-9-10-25-23-8-7-21-16-22(32)11-13-29(21,5)26(23)12-14-30(24,25)6/h7,20,22-27,31-32H,1,3,8-17H2,2,4-6H3/t20-,22-,23-,24+,25-,26-,27-,29-,30+/m0/s1. The molecule has 0 amide bonds. The average molecular weight is 471 g/mol. The van der Waals surface area contributed by atoms with Gasteiger partial charge in [-0.25, -0.2) is 4.79 Å². The topological polar surface area (TPSA) is 66.8 Å². The molecule has 3 fully saturated rings. The van der Waals surface area contributed by atoms with Gasteiger partial charge in [-0.05, 0) is 98.7 Å². The van der Waals surface area contributed by atoms with Crippen LogP contribution in [0.2, 0.25) is 0 Å². The van der Waals surface area contributed by atoms with Gasteiger partial charge in [0, 0.05) is 6.42 Å². The Morgan fingerprint density at radius 1 is 1.18 bits per heavy atom. The van der Waals surface area contributed by atoms with Crippen molar-refractivity contribution in [2.45, 2.75) is 97.7 Å². The van der Waals surface area contributed by atoms with Gasteiger partial charge >= 0.3 is 5.97 Å². The Hall–Kier alpha value is -1.39. The fraction of sp³-hybridized carbons (Fsp3) is 0.767. The lowest BCUT2D eigenvalue weighted by molar-refractivity contribution is -0.150. The van der Waals surface area contributed by atoms with E-state index in [0.29, 0.717) is 18.3 Å². The Morgan fingerprint density at radius 2 is 1.91 bits per heavy atom. The molecule has 0 radical (unpaired) electrons. The summed E-state index contributed by atoms with van der Waals surface area (Å²) in [6, 6.07) is 0. The SMILES string of the molecule is C=C(C)C[C@H](OC(=O)C(=C)CO)[C@@H](C)[C@H]1CC[C@H]2[C@@H]3CC=C4C[C@@H](O)CC[C@]4(C)[C@H]3CC[C@]12C. The number of aliphatic hydroxyl groups is 2. The molecule has 3 saturated carbocycles. The molecule has 4 rings (SSSR count). The van der Waals surface area contributed by atoms with Crippen LogP contribution in [0.1, 0.15) is 85.5 Å². The Morgan fingerprint density at radius 3 is 2.59 bits per heavy atom. The van der Waals surface area contributed by atoms with Crippen molar-refractivity contribution in [3.05, 3.63) is 36.0 Å². The molecule has 9 atom stereocenters. The van der Waals surface area contributed by atoms with Crippen LogP contribution in [0.25, 0.3) is 0 Å². The van der Waals surface area contributed by atoms with Crippen LogP contribution in [0.5, 0.6) is 0 Å². The van der Waals surface area contributed by atoms with Crippen LogP contribution in [0.3, 0.4) is 0 Å². The second-order valence-corrected chi connectivity index (χ2v) is 12.6. The van der Waals surface area contributed by atoms with Gasteiger partial charge in [-0.1, -0.05) is 44.6 Å². The molecule has 4 nitrogen and oxygen atoms in total. The predicted molar refractivity (Wildman–Crippen MR) is 136 cm³/mol. The molecule has 0 unspecified atom stereocenters. The molecular weight excluding hydrogens is 424 g/mol. The van der Waals surface area contributed by atoms with Crippen LogP contribution in [-0.4, -0.2) is 35.0 Å². The lowest BCUT2D eigenvalue weighted by Crippen LogP contribution is -2.51.